The molecular formula is C15H17N3O. The van der Waals surface area contributed by atoms with E-state index in [-0.39, 0.29) is 5.91 Å². The van der Waals surface area contributed by atoms with Crippen LogP contribution in [0.5, 0.6) is 0 Å². The van der Waals surface area contributed by atoms with E-state index in [4.69, 9.17) is 0 Å². The van der Waals surface area contributed by atoms with Crippen molar-refractivity contribution in [2.75, 3.05) is 17.7 Å². The summed E-state index contributed by atoms with van der Waals surface area (Å²) in [6.45, 7) is 3.95. The number of amides is 1. The SMILES string of the molecule is CNc1ccncc1C(=O)Nc1c(C)cccc1C. The molecule has 4 heteroatoms. The van der Waals surface area contributed by atoms with Crippen LogP contribution >= 0.6 is 0 Å². The molecule has 2 aromatic rings. The highest BCUT2D eigenvalue weighted by Gasteiger charge is 2.13. The van der Waals surface area contributed by atoms with E-state index in [2.05, 4.69) is 15.6 Å². The second kappa shape index (κ2) is 5.52. The first-order valence-corrected chi connectivity index (χ1v) is 6.13. The summed E-state index contributed by atoms with van der Waals surface area (Å²) in [5.41, 5.74) is 4.25. The number of rotatable bonds is 3. The number of para-hydroxylation sites is 1. The molecular weight excluding hydrogens is 238 g/mol. The third-order valence-electron chi connectivity index (χ3n) is 3.05. The number of pyridine rings is 1. The van der Waals surface area contributed by atoms with Crippen molar-refractivity contribution in [3.8, 4) is 0 Å². The van der Waals surface area contributed by atoms with Gasteiger partial charge in [0.15, 0.2) is 0 Å². The van der Waals surface area contributed by atoms with Crippen LogP contribution in [0.25, 0.3) is 0 Å². The van der Waals surface area contributed by atoms with Crippen LogP contribution in [-0.4, -0.2) is 17.9 Å². The summed E-state index contributed by atoms with van der Waals surface area (Å²) in [4.78, 5) is 16.3. The molecule has 98 valence electrons. The Bertz CT molecular complexity index is 588. The molecule has 1 heterocycles. The zero-order valence-electron chi connectivity index (χ0n) is 11.3. The first kappa shape index (κ1) is 13.1. The summed E-state index contributed by atoms with van der Waals surface area (Å²) in [6, 6.07) is 7.71. The van der Waals surface area contributed by atoms with Crippen LogP contribution in [0.3, 0.4) is 0 Å². The molecule has 0 spiro atoms. The molecule has 0 fully saturated rings. The lowest BCUT2D eigenvalue weighted by Gasteiger charge is -2.13. The van der Waals surface area contributed by atoms with E-state index in [9.17, 15) is 4.79 Å². The van der Waals surface area contributed by atoms with E-state index in [1.54, 1.807) is 25.5 Å². The summed E-state index contributed by atoms with van der Waals surface area (Å²) < 4.78 is 0. The van der Waals surface area contributed by atoms with Gasteiger partial charge in [-0.25, -0.2) is 0 Å². The van der Waals surface area contributed by atoms with Crippen LogP contribution in [0.15, 0.2) is 36.7 Å². The number of aryl methyl sites for hydroxylation is 2. The third-order valence-corrected chi connectivity index (χ3v) is 3.05. The van der Waals surface area contributed by atoms with Gasteiger partial charge in [0.05, 0.1) is 5.56 Å². The largest absolute Gasteiger partial charge is 0.387 e. The van der Waals surface area contributed by atoms with Crippen molar-refractivity contribution in [1.82, 2.24) is 4.98 Å². The second-order valence-electron chi connectivity index (χ2n) is 4.39. The molecule has 1 aromatic heterocycles. The van der Waals surface area contributed by atoms with Gasteiger partial charge in [0.25, 0.3) is 5.91 Å². The average Bonchev–Trinajstić information content (AvgIpc) is 2.42. The first-order chi connectivity index (χ1) is 9.13. The molecule has 0 aliphatic carbocycles. The standard InChI is InChI=1S/C15H17N3O/c1-10-5-4-6-11(2)14(10)18-15(19)12-9-17-8-7-13(12)16-3/h4-9H,1-3H3,(H,16,17)(H,18,19). The van der Waals surface area contributed by atoms with E-state index in [1.165, 1.54) is 0 Å². The molecule has 1 aromatic carbocycles. The van der Waals surface area contributed by atoms with Crippen molar-refractivity contribution in [1.29, 1.82) is 0 Å². The lowest BCUT2D eigenvalue weighted by Crippen LogP contribution is -2.15. The van der Waals surface area contributed by atoms with E-state index >= 15 is 0 Å². The summed E-state index contributed by atoms with van der Waals surface area (Å²) in [6.07, 6.45) is 3.22. The number of benzene rings is 1. The minimum Gasteiger partial charge on any atom is -0.387 e. The van der Waals surface area contributed by atoms with Gasteiger partial charge >= 0.3 is 0 Å². The molecule has 2 N–H and O–H groups in total. The molecule has 0 radical (unpaired) electrons. The lowest BCUT2D eigenvalue weighted by atomic mass is 10.1. The predicted octanol–water partition coefficient (Wildman–Crippen LogP) is 2.99. The maximum atomic E-state index is 12.3. The number of carbonyl (C=O) groups is 1. The van der Waals surface area contributed by atoms with Gasteiger partial charge in [0.2, 0.25) is 0 Å². The molecule has 0 saturated heterocycles. The summed E-state index contributed by atoms with van der Waals surface area (Å²) in [5, 5.41) is 5.94. The molecule has 0 saturated carbocycles. The van der Waals surface area contributed by atoms with Crippen molar-refractivity contribution in [3.63, 3.8) is 0 Å². The Balaban J connectivity index is 2.31. The number of aromatic nitrogens is 1. The van der Waals surface area contributed by atoms with Gasteiger partial charge in [-0.05, 0) is 31.0 Å². The quantitative estimate of drug-likeness (QED) is 0.886. The van der Waals surface area contributed by atoms with E-state index in [0.29, 0.717) is 5.56 Å². The molecule has 0 unspecified atom stereocenters. The Morgan fingerprint density at radius 2 is 1.84 bits per heavy atom. The predicted molar refractivity (Wildman–Crippen MR) is 77.7 cm³/mol. The number of nitrogens with one attached hydrogen (secondary N) is 2. The molecule has 0 aliphatic heterocycles. The van der Waals surface area contributed by atoms with Crippen molar-refractivity contribution in [2.24, 2.45) is 0 Å². The average molecular weight is 255 g/mol. The van der Waals surface area contributed by atoms with E-state index in [1.807, 2.05) is 32.0 Å². The normalized spacial score (nSPS) is 10.1. The fourth-order valence-electron chi connectivity index (χ4n) is 1.99. The van der Waals surface area contributed by atoms with Crippen LogP contribution in [-0.2, 0) is 0 Å². The maximum Gasteiger partial charge on any atom is 0.259 e. The van der Waals surface area contributed by atoms with Gasteiger partial charge < -0.3 is 10.6 Å². The topological polar surface area (TPSA) is 54.0 Å². The van der Waals surface area contributed by atoms with Gasteiger partial charge in [-0.2, -0.15) is 0 Å². The molecule has 0 bridgehead atoms. The molecule has 2 rings (SSSR count). The number of hydrogen-bond donors (Lipinski definition) is 2. The first-order valence-electron chi connectivity index (χ1n) is 6.13. The van der Waals surface area contributed by atoms with E-state index in [0.717, 1.165) is 22.5 Å². The van der Waals surface area contributed by atoms with Crippen LogP contribution in [0, 0.1) is 13.8 Å². The van der Waals surface area contributed by atoms with Crippen molar-refractivity contribution < 1.29 is 4.79 Å². The molecule has 4 nitrogen and oxygen atoms in total. The van der Waals surface area contributed by atoms with Crippen molar-refractivity contribution in [3.05, 3.63) is 53.3 Å². The van der Waals surface area contributed by atoms with Crippen LogP contribution in [0.1, 0.15) is 21.5 Å². The van der Waals surface area contributed by atoms with Crippen LogP contribution < -0.4 is 10.6 Å². The number of carbonyl (C=O) groups excluding carboxylic acids is 1. The highest BCUT2D eigenvalue weighted by molar-refractivity contribution is 6.08. The van der Waals surface area contributed by atoms with Gasteiger partial charge in [0, 0.05) is 30.8 Å². The minimum atomic E-state index is -0.158. The molecule has 1 amide bonds. The highest BCUT2D eigenvalue weighted by atomic mass is 16.1. The second-order valence-corrected chi connectivity index (χ2v) is 4.39. The molecule has 0 atom stereocenters. The Morgan fingerprint density at radius 3 is 2.47 bits per heavy atom. The third kappa shape index (κ3) is 2.73. The Labute approximate surface area is 112 Å². The Hall–Kier alpha value is -2.36. The zero-order valence-corrected chi connectivity index (χ0v) is 11.3. The number of anilines is 2. The zero-order chi connectivity index (χ0) is 13.8. The number of hydrogen-bond acceptors (Lipinski definition) is 3. The van der Waals surface area contributed by atoms with Gasteiger partial charge in [-0.15, -0.1) is 0 Å². The fourth-order valence-corrected chi connectivity index (χ4v) is 1.99. The van der Waals surface area contributed by atoms with Crippen LogP contribution in [0.2, 0.25) is 0 Å². The minimum absolute atomic E-state index is 0.158. The van der Waals surface area contributed by atoms with Gasteiger partial charge in [-0.3, -0.25) is 9.78 Å². The molecule has 19 heavy (non-hydrogen) atoms. The Morgan fingerprint density at radius 1 is 1.16 bits per heavy atom. The summed E-state index contributed by atoms with van der Waals surface area (Å²) in [7, 11) is 1.78. The summed E-state index contributed by atoms with van der Waals surface area (Å²) in [5.74, 6) is -0.158. The smallest absolute Gasteiger partial charge is 0.259 e. The number of nitrogens with zero attached hydrogens (tertiary/aromatic N) is 1. The Kier molecular flexibility index (Phi) is 3.80. The van der Waals surface area contributed by atoms with Crippen molar-refractivity contribution in [2.45, 2.75) is 13.8 Å². The fraction of sp³-hybridized carbons (Fsp3) is 0.200. The van der Waals surface area contributed by atoms with Crippen molar-refractivity contribution >= 4 is 17.3 Å². The molecule has 0 aliphatic rings. The van der Waals surface area contributed by atoms with Gasteiger partial charge in [-0.1, -0.05) is 18.2 Å². The van der Waals surface area contributed by atoms with Gasteiger partial charge in [0.1, 0.15) is 0 Å². The maximum absolute atomic E-state index is 12.3. The highest BCUT2D eigenvalue weighted by Crippen LogP contribution is 2.21. The van der Waals surface area contributed by atoms with Crippen LogP contribution in [0.4, 0.5) is 11.4 Å². The summed E-state index contributed by atoms with van der Waals surface area (Å²) >= 11 is 0. The van der Waals surface area contributed by atoms with E-state index < -0.39 is 0 Å². The lowest BCUT2D eigenvalue weighted by molar-refractivity contribution is 0.102. The monoisotopic (exact) mass is 255 g/mol.